The zero-order chi connectivity index (χ0) is 4.83. The van der Waals surface area contributed by atoms with Gasteiger partial charge in [0.25, 0.3) is 0 Å². The van der Waals surface area contributed by atoms with Crippen LogP contribution in [0.5, 0.6) is 0 Å². The topological polar surface area (TPSA) is 53.2 Å². The molecule has 0 heterocycles. The van der Waals surface area contributed by atoms with Crippen molar-refractivity contribution in [2.24, 2.45) is 0 Å². The maximum atomic E-state index is 9.23. The standard InChI is InChI=1S/C2H6N3O/c1-3-5-4-2-6/h3,5H,1H3,(H,4,6). The monoisotopic (exact) mass is 88.1 g/mol. The summed E-state index contributed by atoms with van der Waals surface area (Å²) in [5.74, 6) is 0. The number of hydrogen-bond acceptors (Lipinski definition) is 3. The van der Waals surface area contributed by atoms with Crippen molar-refractivity contribution < 1.29 is 4.79 Å². The van der Waals surface area contributed by atoms with Gasteiger partial charge in [0.2, 0.25) is 0 Å². The first-order valence-electron chi connectivity index (χ1n) is 1.45. The van der Waals surface area contributed by atoms with Gasteiger partial charge in [-0.05, 0) is 0 Å². The second kappa shape index (κ2) is 4.39. The molecule has 0 atom stereocenters. The highest BCUT2D eigenvalue weighted by molar-refractivity contribution is 5.45. The van der Waals surface area contributed by atoms with Crippen LogP contribution in [-0.2, 0) is 4.79 Å². The molecule has 0 aromatic rings. The number of rotatable bonds is 3. The van der Waals surface area contributed by atoms with E-state index in [1.807, 2.05) is 5.43 Å². The summed E-state index contributed by atoms with van der Waals surface area (Å²) >= 11 is 0. The Labute approximate surface area is 35.9 Å². The largest absolute Gasteiger partial charge is 0.325 e. The van der Waals surface area contributed by atoms with Crippen LogP contribution in [0.15, 0.2) is 0 Å². The normalized spacial score (nSPS) is 7.50. The van der Waals surface area contributed by atoms with Crippen molar-refractivity contribution in [3.63, 3.8) is 0 Å². The van der Waals surface area contributed by atoms with E-state index >= 15 is 0 Å². The third kappa shape index (κ3) is 3.39. The van der Waals surface area contributed by atoms with Crippen LogP contribution >= 0.6 is 0 Å². The molecule has 1 amide bonds. The first kappa shape index (κ1) is 5.39. The summed E-state index contributed by atoms with van der Waals surface area (Å²) in [4.78, 5) is 9.23. The van der Waals surface area contributed by atoms with Crippen LogP contribution in [0.4, 0.5) is 0 Å². The van der Waals surface area contributed by atoms with E-state index in [2.05, 4.69) is 11.0 Å². The van der Waals surface area contributed by atoms with E-state index < -0.39 is 0 Å². The van der Waals surface area contributed by atoms with Crippen LogP contribution in [-0.4, -0.2) is 13.5 Å². The molecule has 35 valence electrons. The molecule has 0 aliphatic carbocycles. The summed E-state index contributed by atoms with van der Waals surface area (Å²) in [5, 5.41) is 0. The fourth-order valence-electron chi connectivity index (χ4n) is 0.0880. The predicted octanol–water partition coefficient (Wildman–Crippen LogP) is -1.72. The van der Waals surface area contributed by atoms with Gasteiger partial charge in [-0.15, -0.1) is 0 Å². The Morgan fingerprint density at radius 3 is 2.50 bits per heavy atom. The summed E-state index contributed by atoms with van der Waals surface area (Å²) in [6.45, 7) is 0. The predicted molar refractivity (Wildman–Crippen MR) is 21.0 cm³/mol. The lowest BCUT2D eigenvalue weighted by molar-refractivity contribution is 0.496. The molecule has 6 heavy (non-hydrogen) atoms. The lowest BCUT2D eigenvalue weighted by atomic mass is 11.4. The highest BCUT2D eigenvalue weighted by Crippen LogP contribution is 1.19. The van der Waals surface area contributed by atoms with Crippen LogP contribution in [0.1, 0.15) is 0 Å². The van der Waals surface area contributed by atoms with Gasteiger partial charge in [0, 0.05) is 7.05 Å². The molecule has 0 aromatic heterocycles. The molecule has 0 aromatic carbocycles. The Morgan fingerprint density at radius 2 is 2.33 bits per heavy atom. The average molecular weight is 88.1 g/mol. The van der Waals surface area contributed by atoms with E-state index in [1.54, 1.807) is 7.05 Å². The molecular formula is C2H6N3O. The SMILES string of the molecule is CNNN[C]=O. The summed E-state index contributed by atoms with van der Waals surface area (Å²) < 4.78 is 0. The lowest BCUT2D eigenvalue weighted by Crippen LogP contribution is -2.39. The molecule has 0 fully saturated rings. The minimum absolute atomic E-state index is 1.40. The average Bonchev–Trinajstić information content (AvgIpc) is 1.61. The van der Waals surface area contributed by atoms with Gasteiger partial charge in [-0.3, -0.25) is 10.2 Å². The zero-order valence-electron chi connectivity index (χ0n) is 3.41. The third-order valence-electron chi connectivity index (χ3n) is 0.239. The quantitative estimate of drug-likeness (QED) is 0.218. The number of hydrogen-bond donors (Lipinski definition) is 3. The first-order valence-corrected chi connectivity index (χ1v) is 1.45. The van der Waals surface area contributed by atoms with Gasteiger partial charge >= 0.3 is 6.41 Å². The Balaban J connectivity index is 2.49. The molecule has 1 radical (unpaired) electrons. The number of nitrogens with one attached hydrogen (secondary N) is 3. The zero-order valence-corrected chi connectivity index (χ0v) is 3.41. The second-order valence-corrected chi connectivity index (χ2v) is 0.602. The molecule has 0 spiro atoms. The molecule has 0 saturated carbocycles. The van der Waals surface area contributed by atoms with Crippen LogP contribution in [0.2, 0.25) is 0 Å². The van der Waals surface area contributed by atoms with Gasteiger partial charge in [0.05, 0.1) is 0 Å². The van der Waals surface area contributed by atoms with E-state index in [-0.39, 0.29) is 0 Å². The van der Waals surface area contributed by atoms with Crippen molar-refractivity contribution in [3.05, 3.63) is 0 Å². The smallest absolute Gasteiger partial charge is 0.270 e. The molecule has 4 heteroatoms. The van der Waals surface area contributed by atoms with Gasteiger partial charge in [0.15, 0.2) is 0 Å². The fraction of sp³-hybridized carbons (Fsp3) is 0.500. The van der Waals surface area contributed by atoms with Crippen molar-refractivity contribution >= 4 is 6.41 Å². The van der Waals surface area contributed by atoms with E-state index in [4.69, 9.17) is 0 Å². The molecule has 4 nitrogen and oxygen atoms in total. The Bertz CT molecular complexity index is 37.8. The van der Waals surface area contributed by atoms with Crippen molar-refractivity contribution in [2.45, 2.75) is 0 Å². The molecule has 0 unspecified atom stereocenters. The van der Waals surface area contributed by atoms with E-state index in [1.165, 1.54) is 6.41 Å². The highest BCUT2D eigenvalue weighted by Gasteiger charge is 1.65. The molecule has 0 rings (SSSR count). The van der Waals surface area contributed by atoms with Crippen LogP contribution < -0.4 is 16.4 Å². The van der Waals surface area contributed by atoms with Crippen molar-refractivity contribution in [1.82, 2.24) is 16.4 Å². The second-order valence-electron chi connectivity index (χ2n) is 0.602. The van der Waals surface area contributed by atoms with Crippen LogP contribution in [0, 0.1) is 0 Å². The minimum Gasteiger partial charge on any atom is -0.270 e. The minimum atomic E-state index is 1.40. The first-order chi connectivity index (χ1) is 2.91. The molecule has 0 saturated heterocycles. The summed E-state index contributed by atoms with van der Waals surface area (Å²) in [6.07, 6.45) is 1.40. The van der Waals surface area contributed by atoms with Crippen molar-refractivity contribution in [1.29, 1.82) is 0 Å². The van der Waals surface area contributed by atoms with E-state index in [0.717, 1.165) is 0 Å². The maximum Gasteiger partial charge on any atom is 0.325 e. The summed E-state index contributed by atoms with van der Waals surface area (Å²) in [7, 11) is 1.63. The maximum absolute atomic E-state index is 9.23. The number of amides is 1. The van der Waals surface area contributed by atoms with Gasteiger partial charge in [0.1, 0.15) is 0 Å². The van der Waals surface area contributed by atoms with Gasteiger partial charge in [-0.1, -0.05) is 0 Å². The van der Waals surface area contributed by atoms with Crippen LogP contribution in [0.25, 0.3) is 0 Å². The number of carbonyl (C=O) groups excluding carboxylic acids is 1. The fourth-order valence-corrected chi connectivity index (χ4v) is 0.0880. The van der Waals surface area contributed by atoms with Gasteiger partial charge in [-0.25, -0.2) is 5.43 Å². The molecule has 0 aliphatic heterocycles. The number of hydrazine groups is 2. The molecule has 0 bridgehead atoms. The third-order valence-corrected chi connectivity index (χ3v) is 0.239. The molecular weight excluding hydrogens is 82.0 g/mol. The highest BCUT2D eigenvalue weighted by atomic mass is 16.1. The van der Waals surface area contributed by atoms with Crippen LogP contribution in [0.3, 0.4) is 0 Å². The van der Waals surface area contributed by atoms with Gasteiger partial charge in [-0.2, -0.15) is 5.53 Å². The summed E-state index contributed by atoms with van der Waals surface area (Å²) in [6, 6.07) is 0. The van der Waals surface area contributed by atoms with Crippen molar-refractivity contribution in [3.8, 4) is 0 Å². The van der Waals surface area contributed by atoms with E-state index in [0.29, 0.717) is 0 Å². The van der Waals surface area contributed by atoms with Gasteiger partial charge < -0.3 is 0 Å². The van der Waals surface area contributed by atoms with Crippen molar-refractivity contribution in [2.75, 3.05) is 7.05 Å². The van der Waals surface area contributed by atoms with E-state index in [9.17, 15) is 4.79 Å². The Hall–Kier alpha value is -0.610. The lowest BCUT2D eigenvalue weighted by Gasteiger charge is -1.92. The molecule has 0 aliphatic rings. The molecule has 3 N–H and O–H groups in total. The Morgan fingerprint density at radius 1 is 1.67 bits per heavy atom. The Kier molecular flexibility index (Phi) is 3.94. The summed E-state index contributed by atoms with van der Waals surface area (Å²) in [5.41, 5.74) is 6.75.